The van der Waals surface area contributed by atoms with E-state index in [0.29, 0.717) is 37.6 Å². The Bertz CT molecular complexity index is 1310. The number of piperidine rings is 2. The highest BCUT2D eigenvalue weighted by molar-refractivity contribution is 5.98. The van der Waals surface area contributed by atoms with Gasteiger partial charge in [-0.05, 0) is 59.6 Å². The number of hydrogen-bond donors (Lipinski definition) is 1. The molecule has 41 heavy (non-hydrogen) atoms. The van der Waals surface area contributed by atoms with Crippen molar-refractivity contribution < 1.29 is 36.3 Å². The van der Waals surface area contributed by atoms with Crippen molar-refractivity contribution >= 4 is 17.7 Å². The number of alkyl halides is 3. The molecule has 1 unspecified atom stereocenters. The molecule has 3 amide bonds. The average Bonchev–Trinajstić information content (AvgIpc) is 2.89. The fourth-order valence-corrected chi connectivity index (χ4v) is 5.90. The number of halogens is 5. The van der Waals surface area contributed by atoms with Gasteiger partial charge in [-0.2, -0.15) is 13.2 Å². The second kappa shape index (κ2) is 11.1. The monoisotopic (exact) mass is 579 g/mol. The number of rotatable bonds is 4. The van der Waals surface area contributed by atoms with E-state index in [0.717, 1.165) is 5.56 Å². The highest BCUT2D eigenvalue weighted by Crippen LogP contribution is 2.50. The minimum absolute atomic E-state index is 0.00826. The first-order chi connectivity index (χ1) is 19.0. The normalized spacial score (nSPS) is 20.2. The standard InChI is InChI=1S/C30H34F5N3O3/c1-28(2,3)25(36-26(40)21-15-19(30(33,34)35)7-10-23(21)32)27(41)38-13-11-29(12-14-38)16-24(39)37(4)17-22(29)18-5-8-20(31)9-6-18/h5-10,15,22,25H,11-14,16-17H2,1-4H3,(H,36,40)/t22?,25-/m0/s1. The van der Waals surface area contributed by atoms with Crippen LogP contribution in [-0.2, 0) is 15.8 Å². The number of benzene rings is 2. The lowest BCUT2D eigenvalue weighted by Gasteiger charge is -2.51. The summed E-state index contributed by atoms with van der Waals surface area (Å²) in [4.78, 5) is 42.7. The van der Waals surface area contributed by atoms with Crippen LogP contribution in [0, 0.1) is 22.5 Å². The maximum absolute atomic E-state index is 14.4. The molecule has 222 valence electrons. The molecule has 0 bridgehead atoms. The number of hydrogen-bond acceptors (Lipinski definition) is 3. The van der Waals surface area contributed by atoms with E-state index < -0.39 is 51.8 Å². The van der Waals surface area contributed by atoms with Gasteiger partial charge in [-0.15, -0.1) is 0 Å². The molecule has 2 atom stereocenters. The van der Waals surface area contributed by atoms with Gasteiger partial charge in [-0.1, -0.05) is 32.9 Å². The van der Waals surface area contributed by atoms with Gasteiger partial charge in [0, 0.05) is 39.0 Å². The number of carbonyl (C=O) groups is 3. The Balaban J connectivity index is 1.54. The summed E-state index contributed by atoms with van der Waals surface area (Å²) in [6.45, 7) is 6.13. The van der Waals surface area contributed by atoms with Crippen molar-refractivity contribution in [1.29, 1.82) is 0 Å². The summed E-state index contributed by atoms with van der Waals surface area (Å²) in [7, 11) is 1.73. The molecule has 2 aromatic carbocycles. The molecular formula is C30H34F5N3O3. The van der Waals surface area contributed by atoms with E-state index in [9.17, 15) is 36.3 Å². The Morgan fingerprint density at radius 1 is 1.00 bits per heavy atom. The van der Waals surface area contributed by atoms with Gasteiger partial charge in [-0.3, -0.25) is 14.4 Å². The van der Waals surface area contributed by atoms with Gasteiger partial charge in [0.25, 0.3) is 5.91 Å². The van der Waals surface area contributed by atoms with Crippen molar-refractivity contribution in [1.82, 2.24) is 15.1 Å². The Kier molecular flexibility index (Phi) is 8.21. The first-order valence-corrected chi connectivity index (χ1v) is 13.5. The van der Waals surface area contributed by atoms with Crippen molar-refractivity contribution in [3.8, 4) is 0 Å². The second-order valence-corrected chi connectivity index (χ2v) is 12.2. The van der Waals surface area contributed by atoms with Gasteiger partial charge in [0.2, 0.25) is 11.8 Å². The van der Waals surface area contributed by atoms with Crippen LogP contribution in [0.5, 0.6) is 0 Å². The molecule has 1 spiro atoms. The molecule has 2 aliphatic rings. The molecule has 0 radical (unpaired) electrons. The molecule has 0 aliphatic carbocycles. The summed E-state index contributed by atoms with van der Waals surface area (Å²) in [6, 6.07) is 6.65. The SMILES string of the molecule is CN1CC(c2ccc(F)cc2)C2(CCN(C(=O)[C@H](NC(=O)c3cc(C(F)(F)F)ccc3F)C(C)(C)C)CC2)CC1=O. The Morgan fingerprint density at radius 2 is 1.61 bits per heavy atom. The molecule has 2 aromatic rings. The van der Waals surface area contributed by atoms with Crippen LogP contribution in [0.4, 0.5) is 22.0 Å². The van der Waals surface area contributed by atoms with Crippen molar-refractivity contribution in [3.05, 3.63) is 70.8 Å². The molecule has 11 heteroatoms. The van der Waals surface area contributed by atoms with Gasteiger partial charge < -0.3 is 15.1 Å². The molecular weight excluding hydrogens is 545 g/mol. The maximum Gasteiger partial charge on any atom is 0.416 e. The van der Waals surface area contributed by atoms with Gasteiger partial charge in [0.05, 0.1) is 11.1 Å². The number of amides is 3. The van der Waals surface area contributed by atoms with Crippen molar-refractivity contribution in [2.75, 3.05) is 26.7 Å². The zero-order chi connectivity index (χ0) is 30.3. The van der Waals surface area contributed by atoms with E-state index in [1.807, 2.05) is 0 Å². The summed E-state index contributed by atoms with van der Waals surface area (Å²) in [5.41, 5.74) is -2.35. The van der Waals surface area contributed by atoms with Crippen LogP contribution in [0.3, 0.4) is 0 Å². The second-order valence-electron chi connectivity index (χ2n) is 12.2. The first kappa shape index (κ1) is 30.5. The fourth-order valence-electron chi connectivity index (χ4n) is 5.90. The van der Waals surface area contributed by atoms with Crippen LogP contribution in [0.1, 0.15) is 67.4 Å². The minimum atomic E-state index is -4.77. The van der Waals surface area contributed by atoms with Crippen molar-refractivity contribution in [2.45, 2.75) is 58.2 Å². The molecule has 0 saturated carbocycles. The topological polar surface area (TPSA) is 69.7 Å². The summed E-state index contributed by atoms with van der Waals surface area (Å²) in [6.07, 6.45) is -3.50. The third-order valence-corrected chi connectivity index (χ3v) is 8.39. The molecule has 4 rings (SSSR count). The van der Waals surface area contributed by atoms with Crippen LogP contribution in [0.2, 0.25) is 0 Å². The van der Waals surface area contributed by atoms with Crippen LogP contribution in [0.15, 0.2) is 42.5 Å². The van der Waals surface area contributed by atoms with Gasteiger partial charge >= 0.3 is 6.18 Å². The predicted molar refractivity (Wildman–Crippen MR) is 142 cm³/mol. The van der Waals surface area contributed by atoms with Crippen molar-refractivity contribution in [2.24, 2.45) is 10.8 Å². The Morgan fingerprint density at radius 3 is 2.17 bits per heavy atom. The Hall–Kier alpha value is -3.50. The summed E-state index contributed by atoms with van der Waals surface area (Å²) < 4.78 is 67.6. The largest absolute Gasteiger partial charge is 0.416 e. The van der Waals surface area contributed by atoms with Crippen LogP contribution >= 0.6 is 0 Å². The average molecular weight is 580 g/mol. The summed E-state index contributed by atoms with van der Waals surface area (Å²) >= 11 is 0. The lowest BCUT2D eigenvalue weighted by atomic mass is 9.62. The zero-order valence-corrected chi connectivity index (χ0v) is 23.4. The van der Waals surface area contributed by atoms with Crippen molar-refractivity contribution in [3.63, 3.8) is 0 Å². The summed E-state index contributed by atoms with van der Waals surface area (Å²) in [5, 5.41) is 2.48. The lowest BCUT2D eigenvalue weighted by molar-refractivity contribution is -0.144. The van der Waals surface area contributed by atoms with Crippen LogP contribution in [0.25, 0.3) is 0 Å². The Labute approximate surface area is 235 Å². The van der Waals surface area contributed by atoms with E-state index in [2.05, 4.69) is 5.32 Å². The quantitative estimate of drug-likeness (QED) is 0.495. The van der Waals surface area contributed by atoms with Crippen LogP contribution in [-0.4, -0.2) is 60.2 Å². The number of likely N-dealkylation sites (tertiary alicyclic amines) is 2. The first-order valence-electron chi connectivity index (χ1n) is 13.5. The third kappa shape index (κ3) is 6.38. The van der Waals surface area contributed by atoms with Crippen LogP contribution < -0.4 is 5.32 Å². The smallest absolute Gasteiger partial charge is 0.345 e. The van der Waals surface area contributed by atoms with E-state index in [1.54, 1.807) is 49.8 Å². The molecule has 2 fully saturated rings. The molecule has 2 aliphatic heterocycles. The van der Waals surface area contributed by atoms with E-state index >= 15 is 0 Å². The number of likely N-dealkylation sites (N-methyl/N-ethyl adjacent to an activating group) is 1. The van der Waals surface area contributed by atoms with Gasteiger partial charge in [0.15, 0.2) is 0 Å². The molecule has 2 heterocycles. The number of carbonyl (C=O) groups excluding carboxylic acids is 3. The minimum Gasteiger partial charge on any atom is -0.345 e. The third-order valence-electron chi connectivity index (χ3n) is 8.39. The van der Waals surface area contributed by atoms with E-state index in [-0.39, 0.29) is 37.2 Å². The summed E-state index contributed by atoms with van der Waals surface area (Å²) in [5.74, 6) is -3.12. The number of nitrogens with one attached hydrogen (secondary N) is 1. The zero-order valence-electron chi connectivity index (χ0n) is 23.4. The molecule has 6 nitrogen and oxygen atoms in total. The highest BCUT2D eigenvalue weighted by atomic mass is 19.4. The molecule has 0 aromatic heterocycles. The number of nitrogens with zero attached hydrogens (tertiary/aromatic N) is 2. The van der Waals surface area contributed by atoms with E-state index in [4.69, 9.17) is 0 Å². The lowest BCUT2D eigenvalue weighted by Crippen LogP contribution is -2.58. The molecule has 2 saturated heterocycles. The predicted octanol–water partition coefficient (Wildman–Crippen LogP) is 5.38. The maximum atomic E-state index is 14.4. The highest BCUT2D eigenvalue weighted by Gasteiger charge is 2.49. The fraction of sp³-hybridized carbons (Fsp3) is 0.500. The van der Waals surface area contributed by atoms with E-state index in [1.165, 1.54) is 12.1 Å². The molecule has 1 N–H and O–H groups in total. The van der Waals surface area contributed by atoms with Gasteiger partial charge in [-0.25, -0.2) is 8.78 Å². The van der Waals surface area contributed by atoms with Gasteiger partial charge in [0.1, 0.15) is 17.7 Å².